The van der Waals surface area contributed by atoms with Crippen LogP contribution < -0.4 is 5.32 Å². The fourth-order valence-electron chi connectivity index (χ4n) is 2.34. The fraction of sp³-hybridized carbons (Fsp3) is 0.467. The monoisotopic (exact) mass is 292 g/mol. The van der Waals surface area contributed by atoms with Gasteiger partial charge in [0.05, 0.1) is 11.1 Å². The minimum absolute atomic E-state index is 0.154. The average Bonchev–Trinajstić information content (AvgIpc) is 2.71. The van der Waals surface area contributed by atoms with E-state index in [-0.39, 0.29) is 11.8 Å². The van der Waals surface area contributed by atoms with Crippen LogP contribution in [0.5, 0.6) is 0 Å². The van der Waals surface area contributed by atoms with Crippen LogP contribution in [0.4, 0.5) is 0 Å². The summed E-state index contributed by atoms with van der Waals surface area (Å²) in [6.45, 7) is 2.39. The SMILES string of the molecule is O=C1c2ccccc2C(=O)N1CCCCCNCCS. The number of hydrogen-bond donors (Lipinski definition) is 2. The Labute approximate surface area is 124 Å². The van der Waals surface area contributed by atoms with Crippen LogP contribution in [0.25, 0.3) is 0 Å². The van der Waals surface area contributed by atoms with Crippen molar-refractivity contribution in [2.45, 2.75) is 19.3 Å². The smallest absolute Gasteiger partial charge is 0.261 e. The number of thiol groups is 1. The molecule has 0 aromatic heterocycles. The second-order valence-corrected chi connectivity index (χ2v) is 5.29. The zero-order chi connectivity index (χ0) is 14.4. The summed E-state index contributed by atoms with van der Waals surface area (Å²) in [5.41, 5.74) is 1.07. The van der Waals surface area contributed by atoms with Crippen LogP contribution in [0.1, 0.15) is 40.0 Å². The maximum absolute atomic E-state index is 12.1. The molecule has 0 spiro atoms. The van der Waals surface area contributed by atoms with Crippen molar-refractivity contribution >= 4 is 24.4 Å². The van der Waals surface area contributed by atoms with Gasteiger partial charge in [-0.2, -0.15) is 12.6 Å². The summed E-state index contributed by atoms with van der Waals surface area (Å²) in [5, 5.41) is 3.27. The van der Waals surface area contributed by atoms with Crippen LogP contribution in [0.3, 0.4) is 0 Å². The summed E-state index contributed by atoms with van der Waals surface area (Å²) in [6, 6.07) is 7.02. The van der Waals surface area contributed by atoms with Gasteiger partial charge in [0.2, 0.25) is 0 Å². The molecule has 2 rings (SSSR count). The molecule has 1 aliphatic rings. The summed E-state index contributed by atoms with van der Waals surface area (Å²) in [4.78, 5) is 25.6. The third-order valence-electron chi connectivity index (χ3n) is 3.40. The lowest BCUT2D eigenvalue weighted by molar-refractivity contribution is 0.0651. The van der Waals surface area contributed by atoms with Crippen molar-refractivity contribution in [3.8, 4) is 0 Å². The maximum Gasteiger partial charge on any atom is 0.261 e. The normalized spacial score (nSPS) is 13.9. The highest BCUT2D eigenvalue weighted by Gasteiger charge is 2.34. The van der Waals surface area contributed by atoms with E-state index in [2.05, 4.69) is 17.9 Å². The molecular formula is C15H20N2O2S. The second kappa shape index (κ2) is 7.45. The molecule has 108 valence electrons. The van der Waals surface area contributed by atoms with E-state index in [1.807, 2.05) is 0 Å². The number of carbonyl (C=O) groups is 2. The highest BCUT2D eigenvalue weighted by Crippen LogP contribution is 2.22. The van der Waals surface area contributed by atoms with Gasteiger partial charge in [-0.15, -0.1) is 0 Å². The van der Waals surface area contributed by atoms with Gasteiger partial charge in [0.25, 0.3) is 11.8 Å². The lowest BCUT2D eigenvalue weighted by Gasteiger charge is -2.13. The van der Waals surface area contributed by atoms with Crippen molar-refractivity contribution in [1.82, 2.24) is 10.2 Å². The highest BCUT2D eigenvalue weighted by molar-refractivity contribution is 7.80. The summed E-state index contributed by atoms with van der Waals surface area (Å²) in [6.07, 6.45) is 2.91. The molecule has 4 nitrogen and oxygen atoms in total. The van der Waals surface area contributed by atoms with E-state index >= 15 is 0 Å². The molecule has 0 unspecified atom stereocenters. The molecule has 0 bridgehead atoms. The van der Waals surface area contributed by atoms with Crippen molar-refractivity contribution < 1.29 is 9.59 Å². The van der Waals surface area contributed by atoms with Gasteiger partial charge in [0.1, 0.15) is 0 Å². The zero-order valence-corrected chi connectivity index (χ0v) is 12.4. The molecular weight excluding hydrogens is 272 g/mol. The minimum atomic E-state index is -0.154. The maximum atomic E-state index is 12.1. The van der Waals surface area contributed by atoms with Gasteiger partial charge in [-0.05, 0) is 31.5 Å². The van der Waals surface area contributed by atoms with E-state index in [0.29, 0.717) is 17.7 Å². The van der Waals surface area contributed by atoms with Gasteiger partial charge in [0.15, 0.2) is 0 Å². The van der Waals surface area contributed by atoms with Gasteiger partial charge < -0.3 is 5.32 Å². The Morgan fingerprint density at radius 2 is 1.60 bits per heavy atom. The van der Waals surface area contributed by atoms with Gasteiger partial charge in [-0.1, -0.05) is 18.6 Å². The predicted molar refractivity (Wildman–Crippen MR) is 82.4 cm³/mol. The first-order valence-corrected chi connectivity index (χ1v) is 7.65. The standard InChI is InChI=1S/C15H20N2O2S/c18-14-12-6-2-3-7-13(12)15(19)17(14)10-5-1-4-8-16-9-11-20/h2-3,6-7,16,20H,1,4-5,8-11H2. The molecule has 1 aliphatic heterocycles. The lowest BCUT2D eigenvalue weighted by atomic mass is 10.1. The Bertz CT molecular complexity index is 456. The Hall–Kier alpha value is -1.33. The van der Waals surface area contributed by atoms with E-state index in [0.717, 1.165) is 38.1 Å². The first-order chi connectivity index (χ1) is 9.75. The van der Waals surface area contributed by atoms with E-state index in [1.54, 1.807) is 24.3 Å². The lowest BCUT2D eigenvalue weighted by Crippen LogP contribution is -2.30. The average molecular weight is 292 g/mol. The van der Waals surface area contributed by atoms with Crippen LogP contribution in [0.2, 0.25) is 0 Å². The zero-order valence-electron chi connectivity index (χ0n) is 11.5. The van der Waals surface area contributed by atoms with E-state index in [4.69, 9.17) is 0 Å². The molecule has 1 heterocycles. The third-order valence-corrected chi connectivity index (χ3v) is 3.63. The number of amides is 2. The van der Waals surface area contributed by atoms with Crippen LogP contribution in [0, 0.1) is 0 Å². The molecule has 1 aromatic rings. The van der Waals surface area contributed by atoms with E-state index in [1.165, 1.54) is 4.90 Å². The third kappa shape index (κ3) is 3.41. The van der Waals surface area contributed by atoms with Gasteiger partial charge in [-0.25, -0.2) is 0 Å². The molecule has 0 aliphatic carbocycles. The first kappa shape index (κ1) is 15.1. The number of hydrogen-bond acceptors (Lipinski definition) is 4. The number of nitrogens with zero attached hydrogens (tertiary/aromatic N) is 1. The first-order valence-electron chi connectivity index (χ1n) is 7.02. The quantitative estimate of drug-likeness (QED) is 0.437. The molecule has 0 saturated carbocycles. The number of fused-ring (bicyclic) bond motifs is 1. The number of unbranched alkanes of at least 4 members (excludes halogenated alkanes) is 2. The number of rotatable bonds is 8. The van der Waals surface area contributed by atoms with Crippen LogP contribution in [-0.4, -0.2) is 42.1 Å². The summed E-state index contributed by atoms with van der Waals surface area (Å²) >= 11 is 4.12. The van der Waals surface area contributed by atoms with Crippen molar-refractivity contribution in [3.05, 3.63) is 35.4 Å². The van der Waals surface area contributed by atoms with Crippen molar-refractivity contribution in [2.75, 3.05) is 25.4 Å². The van der Waals surface area contributed by atoms with Crippen molar-refractivity contribution in [2.24, 2.45) is 0 Å². The van der Waals surface area contributed by atoms with Crippen LogP contribution in [0.15, 0.2) is 24.3 Å². The van der Waals surface area contributed by atoms with E-state index < -0.39 is 0 Å². The number of imide groups is 1. The van der Waals surface area contributed by atoms with Crippen LogP contribution in [-0.2, 0) is 0 Å². The summed E-state index contributed by atoms with van der Waals surface area (Å²) in [7, 11) is 0. The largest absolute Gasteiger partial charge is 0.316 e. The highest BCUT2D eigenvalue weighted by atomic mass is 32.1. The predicted octanol–water partition coefficient (Wildman–Crippen LogP) is 1.97. The number of carbonyl (C=O) groups excluding carboxylic acids is 2. The van der Waals surface area contributed by atoms with Crippen LogP contribution >= 0.6 is 12.6 Å². The van der Waals surface area contributed by atoms with Crippen molar-refractivity contribution in [1.29, 1.82) is 0 Å². The molecule has 5 heteroatoms. The second-order valence-electron chi connectivity index (χ2n) is 4.84. The Morgan fingerprint density at radius 3 is 2.20 bits per heavy atom. The number of benzene rings is 1. The van der Waals surface area contributed by atoms with E-state index in [9.17, 15) is 9.59 Å². The molecule has 0 fully saturated rings. The van der Waals surface area contributed by atoms with Gasteiger partial charge >= 0.3 is 0 Å². The number of nitrogens with one attached hydrogen (secondary N) is 1. The molecule has 1 aromatic carbocycles. The molecule has 0 radical (unpaired) electrons. The Morgan fingerprint density at radius 1 is 0.950 bits per heavy atom. The van der Waals surface area contributed by atoms with Gasteiger partial charge in [0, 0.05) is 18.8 Å². The molecule has 20 heavy (non-hydrogen) atoms. The fourth-order valence-corrected chi connectivity index (χ4v) is 2.50. The molecule has 2 amide bonds. The summed E-state index contributed by atoms with van der Waals surface area (Å²) in [5.74, 6) is 0.535. The molecule has 0 atom stereocenters. The Kier molecular flexibility index (Phi) is 5.61. The summed E-state index contributed by atoms with van der Waals surface area (Å²) < 4.78 is 0. The van der Waals surface area contributed by atoms with Gasteiger partial charge in [-0.3, -0.25) is 14.5 Å². The molecule has 1 N–H and O–H groups in total. The van der Waals surface area contributed by atoms with Crippen molar-refractivity contribution in [3.63, 3.8) is 0 Å². The topological polar surface area (TPSA) is 49.4 Å². The Balaban J connectivity index is 1.75. The molecule has 0 saturated heterocycles. The minimum Gasteiger partial charge on any atom is -0.316 e.